The summed E-state index contributed by atoms with van der Waals surface area (Å²) in [6.07, 6.45) is 3.64. The zero-order valence-corrected chi connectivity index (χ0v) is 12.3. The standard InChI is InChI=1S/C18H24N2/c1-20(15-17-11-7-12-18(19)14-17)13-6-5-10-16-8-3-2-4-9-16/h2-4,7-9,11-12,14H,5-6,10,13,15,19H2,1H3. The van der Waals surface area contributed by atoms with Gasteiger partial charge in [-0.3, -0.25) is 0 Å². The first-order valence-electron chi connectivity index (χ1n) is 7.31. The maximum Gasteiger partial charge on any atom is 0.0317 e. The fraction of sp³-hybridized carbons (Fsp3) is 0.333. The molecule has 0 radical (unpaired) electrons. The van der Waals surface area contributed by atoms with Crippen LogP contribution in [0, 0.1) is 0 Å². The Morgan fingerprint density at radius 1 is 0.900 bits per heavy atom. The molecule has 0 aliphatic carbocycles. The highest BCUT2D eigenvalue weighted by atomic mass is 15.1. The van der Waals surface area contributed by atoms with Gasteiger partial charge >= 0.3 is 0 Å². The Balaban J connectivity index is 1.66. The molecule has 0 aromatic heterocycles. The van der Waals surface area contributed by atoms with Gasteiger partial charge in [-0.1, -0.05) is 42.5 Å². The molecule has 0 aliphatic heterocycles. The van der Waals surface area contributed by atoms with Crippen LogP contribution in [0.5, 0.6) is 0 Å². The molecule has 2 heteroatoms. The van der Waals surface area contributed by atoms with E-state index in [9.17, 15) is 0 Å². The lowest BCUT2D eigenvalue weighted by Crippen LogP contribution is -2.19. The van der Waals surface area contributed by atoms with Crippen molar-refractivity contribution in [2.45, 2.75) is 25.8 Å². The molecular weight excluding hydrogens is 244 g/mol. The third-order valence-electron chi connectivity index (χ3n) is 3.50. The van der Waals surface area contributed by atoms with Crippen LogP contribution in [0.1, 0.15) is 24.0 Å². The number of hydrogen-bond donors (Lipinski definition) is 1. The van der Waals surface area contributed by atoms with Gasteiger partial charge < -0.3 is 10.6 Å². The Hall–Kier alpha value is -1.80. The second-order valence-corrected chi connectivity index (χ2v) is 5.43. The normalized spacial score (nSPS) is 10.9. The molecule has 0 amide bonds. The largest absolute Gasteiger partial charge is 0.399 e. The molecule has 0 unspecified atom stereocenters. The molecule has 0 bridgehead atoms. The zero-order chi connectivity index (χ0) is 14.2. The van der Waals surface area contributed by atoms with Crippen molar-refractivity contribution < 1.29 is 0 Å². The molecule has 20 heavy (non-hydrogen) atoms. The summed E-state index contributed by atoms with van der Waals surface area (Å²) in [5.74, 6) is 0. The van der Waals surface area contributed by atoms with Gasteiger partial charge in [-0.05, 0) is 56.1 Å². The molecule has 0 heterocycles. The Morgan fingerprint density at radius 2 is 1.65 bits per heavy atom. The third-order valence-corrected chi connectivity index (χ3v) is 3.50. The predicted molar refractivity (Wildman–Crippen MR) is 86.6 cm³/mol. The summed E-state index contributed by atoms with van der Waals surface area (Å²) < 4.78 is 0. The molecule has 0 saturated carbocycles. The van der Waals surface area contributed by atoms with Crippen molar-refractivity contribution >= 4 is 5.69 Å². The van der Waals surface area contributed by atoms with Crippen molar-refractivity contribution in [1.82, 2.24) is 4.90 Å². The maximum atomic E-state index is 5.80. The molecule has 0 atom stereocenters. The van der Waals surface area contributed by atoms with Crippen LogP contribution in [0.25, 0.3) is 0 Å². The molecule has 0 saturated heterocycles. The molecular formula is C18H24N2. The van der Waals surface area contributed by atoms with Crippen LogP contribution in [-0.4, -0.2) is 18.5 Å². The number of aryl methyl sites for hydroxylation is 1. The number of anilines is 1. The van der Waals surface area contributed by atoms with E-state index in [2.05, 4.69) is 54.4 Å². The van der Waals surface area contributed by atoms with Gasteiger partial charge in [0, 0.05) is 12.2 Å². The Bertz CT molecular complexity index is 508. The van der Waals surface area contributed by atoms with Crippen molar-refractivity contribution in [3.05, 3.63) is 65.7 Å². The summed E-state index contributed by atoms with van der Waals surface area (Å²) in [6, 6.07) is 18.9. The van der Waals surface area contributed by atoms with Gasteiger partial charge in [0.1, 0.15) is 0 Å². The summed E-state index contributed by atoms with van der Waals surface area (Å²) in [4.78, 5) is 2.36. The summed E-state index contributed by atoms with van der Waals surface area (Å²) in [7, 11) is 2.17. The lowest BCUT2D eigenvalue weighted by Gasteiger charge is -2.16. The molecule has 0 spiro atoms. The number of benzene rings is 2. The first-order chi connectivity index (χ1) is 9.74. The van der Waals surface area contributed by atoms with Gasteiger partial charge in [-0.15, -0.1) is 0 Å². The summed E-state index contributed by atoms with van der Waals surface area (Å²) in [6.45, 7) is 2.10. The Labute approximate surface area is 122 Å². The second kappa shape index (κ2) is 7.71. The zero-order valence-electron chi connectivity index (χ0n) is 12.3. The molecule has 2 N–H and O–H groups in total. The van der Waals surface area contributed by atoms with Crippen molar-refractivity contribution in [1.29, 1.82) is 0 Å². The number of hydrogen-bond acceptors (Lipinski definition) is 2. The summed E-state index contributed by atoms with van der Waals surface area (Å²) >= 11 is 0. The minimum absolute atomic E-state index is 0.847. The lowest BCUT2D eigenvalue weighted by molar-refractivity contribution is 0.319. The van der Waals surface area contributed by atoms with E-state index in [1.54, 1.807) is 0 Å². The number of nitrogen functional groups attached to an aromatic ring is 1. The lowest BCUT2D eigenvalue weighted by atomic mass is 10.1. The number of nitrogens with two attached hydrogens (primary N) is 1. The van der Waals surface area contributed by atoms with Crippen molar-refractivity contribution in [2.75, 3.05) is 19.3 Å². The van der Waals surface area contributed by atoms with Crippen molar-refractivity contribution in [3.63, 3.8) is 0 Å². The fourth-order valence-electron chi connectivity index (χ4n) is 2.44. The molecule has 2 aromatic rings. The fourth-order valence-corrected chi connectivity index (χ4v) is 2.44. The van der Waals surface area contributed by atoms with Crippen LogP contribution in [0.15, 0.2) is 54.6 Å². The van der Waals surface area contributed by atoms with Crippen LogP contribution < -0.4 is 5.73 Å². The summed E-state index contributed by atoms with van der Waals surface area (Å²) in [5, 5.41) is 0. The van der Waals surface area contributed by atoms with E-state index in [1.807, 2.05) is 12.1 Å². The third kappa shape index (κ3) is 5.06. The molecule has 0 fully saturated rings. The van der Waals surface area contributed by atoms with Crippen LogP contribution in [-0.2, 0) is 13.0 Å². The minimum Gasteiger partial charge on any atom is -0.399 e. The number of rotatable bonds is 7. The molecule has 2 nitrogen and oxygen atoms in total. The van der Waals surface area contributed by atoms with Gasteiger partial charge in [0.15, 0.2) is 0 Å². The maximum absolute atomic E-state index is 5.80. The molecule has 2 rings (SSSR count). The van der Waals surface area contributed by atoms with Crippen molar-refractivity contribution in [2.24, 2.45) is 0 Å². The van der Waals surface area contributed by atoms with Crippen LogP contribution in [0.2, 0.25) is 0 Å². The van der Waals surface area contributed by atoms with E-state index >= 15 is 0 Å². The van der Waals surface area contributed by atoms with Gasteiger partial charge in [0.05, 0.1) is 0 Å². The quantitative estimate of drug-likeness (QED) is 0.612. The summed E-state index contributed by atoms with van der Waals surface area (Å²) in [5.41, 5.74) is 9.37. The van der Waals surface area contributed by atoms with Gasteiger partial charge in [-0.25, -0.2) is 0 Å². The van der Waals surface area contributed by atoms with Gasteiger partial charge in [0.2, 0.25) is 0 Å². The Kier molecular flexibility index (Phi) is 5.63. The smallest absolute Gasteiger partial charge is 0.0317 e. The highest BCUT2D eigenvalue weighted by Gasteiger charge is 2.01. The van der Waals surface area contributed by atoms with Crippen LogP contribution >= 0.6 is 0 Å². The highest BCUT2D eigenvalue weighted by molar-refractivity contribution is 5.40. The van der Waals surface area contributed by atoms with E-state index in [1.165, 1.54) is 30.4 Å². The Morgan fingerprint density at radius 3 is 2.40 bits per heavy atom. The van der Waals surface area contributed by atoms with Crippen LogP contribution in [0.4, 0.5) is 5.69 Å². The highest BCUT2D eigenvalue weighted by Crippen LogP contribution is 2.10. The minimum atomic E-state index is 0.847. The van der Waals surface area contributed by atoms with E-state index in [0.717, 1.165) is 18.8 Å². The van der Waals surface area contributed by atoms with Gasteiger partial charge in [0.25, 0.3) is 0 Å². The average molecular weight is 268 g/mol. The first kappa shape index (κ1) is 14.6. The monoisotopic (exact) mass is 268 g/mol. The van der Waals surface area contributed by atoms with Crippen LogP contribution in [0.3, 0.4) is 0 Å². The molecule has 106 valence electrons. The van der Waals surface area contributed by atoms with E-state index in [0.29, 0.717) is 0 Å². The SMILES string of the molecule is CN(CCCCc1ccccc1)Cc1cccc(N)c1. The van der Waals surface area contributed by atoms with Gasteiger partial charge in [-0.2, -0.15) is 0 Å². The van der Waals surface area contributed by atoms with Crippen molar-refractivity contribution in [3.8, 4) is 0 Å². The number of unbranched alkanes of at least 4 members (excludes halogenated alkanes) is 1. The topological polar surface area (TPSA) is 29.3 Å². The van der Waals surface area contributed by atoms with E-state index < -0.39 is 0 Å². The molecule has 2 aromatic carbocycles. The van der Waals surface area contributed by atoms with E-state index in [4.69, 9.17) is 5.73 Å². The molecule has 0 aliphatic rings. The number of nitrogens with zero attached hydrogens (tertiary/aromatic N) is 1. The predicted octanol–water partition coefficient (Wildman–Crippen LogP) is 3.72. The van der Waals surface area contributed by atoms with E-state index in [-0.39, 0.29) is 0 Å². The average Bonchev–Trinajstić information content (AvgIpc) is 2.45. The first-order valence-corrected chi connectivity index (χ1v) is 7.31. The second-order valence-electron chi connectivity index (χ2n) is 5.43.